The summed E-state index contributed by atoms with van der Waals surface area (Å²) in [5.41, 5.74) is 0.503. The third-order valence-electron chi connectivity index (χ3n) is 3.34. The van der Waals surface area contributed by atoms with Crippen molar-refractivity contribution in [3.05, 3.63) is 45.2 Å². The molecule has 3 rings (SSSR count). The zero-order chi connectivity index (χ0) is 18.0. The van der Waals surface area contributed by atoms with Crippen LogP contribution >= 0.6 is 11.3 Å². The number of rotatable bonds is 4. The lowest BCUT2D eigenvalue weighted by molar-refractivity contribution is -0.117. The molecule has 0 atom stereocenters. The van der Waals surface area contributed by atoms with E-state index in [1.165, 1.54) is 7.11 Å². The van der Waals surface area contributed by atoms with Crippen LogP contribution in [0.15, 0.2) is 29.1 Å². The van der Waals surface area contributed by atoms with Crippen molar-refractivity contribution in [1.29, 1.82) is 0 Å². The number of aryl methyl sites for hydroxylation is 1. The third-order valence-corrected chi connectivity index (χ3v) is 4.39. The highest BCUT2D eigenvalue weighted by molar-refractivity contribution is 7.17. The van der Waals surface area contributed by atoms with Gasteiger partial charge in [0.1, 0.15) is 16.9 Å². The van der Waals surface area contributed by atoms with Crippen molar-refractivity contribution >= 4 is 39.2 Å². The normalized spacial score (nSPS) is 10.6. The molecule has 0 radical (unpaired) electrons. The van der Waals surface area contributed by atoms with Gasteiger partial charge in [-0.2, -0.15) is 0 Å². The van der Waals surface area contributed by atoms with E-state index < -0.39 is 17.4 Å². The number of amides is 1. The van der Waals surface area contributed by atoms with E-state index in [-0.39, 0.29) is 11.7 Å². The first kappa shape index (κ1) is 16.7. The maximum absolute atomic E-state index is 12.3. The van der Waals surface area contributed by atoms with Crippen molar-refractivity contribution in [3.8, 4) is 0 Å². The number of methoxy groups -OCH3 is 1. The number of ether oxygens (including phenoxy) is 1. The van der Waals surface area contributed by atoms with Crippen LogP contribution < -0.4 is 10.9 Å². The van der Waals surface area contributed by atoms with E-state index in [1.807, 2.05) is 0 Å². The van der Waals surface area contributed by atoms with E-state index in [0.717, 1.165) is 16.0 Å². The number of esters is 1. The van der Waals surface area contributed by atoms with Crippen molar-refractivity contribution in [2.45, 2.75) is 13.5 Å². The number of benzene rings is 1. The van der Waals surface area contributed by atoms with Gasteiger partial charge in [0.15, 0.2) is 5.13 Å². The lowest BCUT2D eigenvalue weighted by Gasteiger charge is -2.04. The average molecular weight is 359 g/mol. The maximum atomic E-state index is 12.3. The highest BCUT2D eigenvalue weighted by Gasteiger charge is 2.17. The number of carbonyl (C=O) groups excluding carboxylic acids is 2. The molecule has 0 saturated heterocycles. The molecule has 0 fully saturated rings. The zero-order valence-corrected chi connectivity index (χ0v) is 14.2. The highest BCUT2D eigenvalue weighted by atomic mass is 32.1. The Hall–Kier alpha value is -3.14. The Kier molecular flexibility index (Phi) is 4.52. The first-order valence-corrected chi connectivity index (χ1v) is 7.99. The molecule has 0 saturated carbocycles. The van der Waals surface area contributed by atoms with Crippen LogP contribution in [0.25, 0.3) is 10.9 Å². The molecular weight excluding hydrogens is 346 g/mol. The number of hydrogen-bond acceptors (Lipinski definition) is 8. The largest absolute Gasteiger partial charge is 0.465 e. The van der Waals surface area contributed by atoms with Crippen molar-refractivity contribution in [2.24, 2.45) is 0 Å². The van der Waals surface area contributed by atoms with E-state index in [9.17, 15) is 14.4 Å². The molecule has 1 amide bonds. The number of nitrogens with zero attached hydrogens (tertiary/aromatic N) is 4. The molecular formula is C15H13N5O4S. The lowest BCUT2D eigenvalue weighted by Crippen LogP contribution is -2.30. The minimum atomic E-state index is -0.521. The number of anilines is 1. The van der Waals surface area contributed by atoms with Gasteiger partial charge in [-0.3, -0.25) is 9.59 Å². The fourth-order valence-corrected chi connectivity index (χ4v) is 3.05. The second-order valence-electron chi connectivity index (χ2n) is 5.04. The maximum Gasteiger partial charge on any atom is 0.350 e. The van der Waals surface area contributed by atoms with Gasteiger partial charge in [0, 0.05) is 0 Å². The second kappa shape index (κ2) is 6.77. The Morgan fingerprint density at radius 1 is 1.32 bits per heavy atom. The van der Waals surface area contributed by atoms with Gasteiger partial charge in [-0.1, -0.05) is 28.7 Å². The molecule has 0 aliphatic carbocycles. The van der Waals surface area contributed by atoms with Gasteiger partial charge in [-0.15, -0.1) is 5.10 Å². The van der Waals surface area contributed by atoms with Crippen LogP contribution in [0.5, 0.6) is 0 Å². The van der Waals surface area contributed by atoms with Gasteiger partial charge >= 0.3 is 5.97 Å². The standard InChI is InChI=1S/C15H13N5O4S/c1-8-12(14(23)24-2)25-15(16-8)17-11(21)7-20-13(22)9-5-3-4-6-10(9)18-19-20/h3-6H,7H2,1-2H3,(H,16,17,21). The lowest BCUT2D eigenvalue weighted by atomic mass is 10.2. The summed E-state index contributed by atoms with van der Waals surface area (Å²) in [5, 5.41) is 10.8. The SMILES string of the molecule is COC(=O)c1sc(NC(=O)Cn2nnc3ccccc3c2=O)nc1C. The summed E-state index contributed by atoms with van der Waals surface area (Å²) in [6.07, 6.45) is 0. The van der Waals surface area contributed by atoms with Crippen molar-refractivity contribution in [1.82, 2.24) is 20.0 Å². The molecule has 128 valence electrons. The van der Waals surface area contributed by atoms with Crippen LogP contribution in [0.4, 0.5) is 5.13 Å². The topological polar surface area (TPSA) is 116 Å². The van der Waals surface area contributed by atoms with Crippen molar-refractivity contribution in [3.63, 3.8) is 0 Å². The van der Waals surface area contributed by atoms with Gasteiger partial charge < -0.3 is 10.1 Å². The highest BCUT2D eigenvalue weighted by Crippen LogP contribution is 2.23. The molecule has 0 spiro atoms. The van der Waals surface area contributed by atoms with Crippen LogP contribution in [0, 0.1) is 6.92 Å². The Labute approximate surface area is 145 Å². The van der Waals surface area contributed by atoms with Gasteiger partial charge in [0.05, 0.1) is 18.2 Å². The van der Waals surface area contributed by atoms with Gasteiger partial charge in [-0.05, 0) is 19.1 Å². The predicted octanol–water partition coefficient (Wildman–Crippen LogP) is 0.982. The summed E-state index contributed by atoms with van der Waals surface area (Å²) in [4.78, 5) is 40.4. The Bertz CT molecular complexity index is 1030. The summed E-state index contributed by atoms with van der Waals surface area (Å²) in [6.45, 7) is 1.32. The number of fused-ring (bicyclic) bond motifs is 1. The Morgan fingerprint density at radius 3 is 2.84 bits per heavy atom. The third kappa shape index (κ3) is 3.38. The zero-order valence-electron chi connectivity index (χ0n) is 13.3. The molecule has 9 nitrogen and oxygen atoms in total. The Morgan fingerprint density at radius 2 is 2.08 bits per heavy atom. The summed E-state index contributed by atoms with van der Waals surface area (Å²) < 4.78 is 5.61. The van der Waals surface area contributed by atoms with Crippen LogP contribution in [-0.2, 0) is 16.1 Å². The van der Waals surface area contributed by atoms with Crippen LogP contribution in [0.1, 0.15) is 15.4 Å². The van der Waals surface area contributed by atoms with Crippen LogP contribution in [0.3, 0.4) is 0 Å². The Balaban J connectivity index is 1.78. The molecule has 25 heavy (non-hydrogen) atoms. The van der Waals surface area contributed by atoms with Crippen molar-refractivity contribution < 1.29 is 14.3 Å². The van der Waals surface area contributed by atoms with E-state index in [2.05, 4.69) is 25.3 Å². The summed E-state index contributed by atoms with van der Waals surface area (Å²) in [7, 11) is 1.27. The minimum Gasteiger partial charge on any atom is -0.465 e. The molecule has 3 aromatic rings. The monoisotopic (exact) mass is 359 g/mol. The molecule has 1 N–H and O–H groups in total. The summed E-state index contributed by atoms with van der Waals surface area (Å²) >= 11 is 0.997. The number of thiazole rings is 1. The number of nitrogens with one attached hydrogen (secondary N) is 1. The van der Waals surface area contributed by atoms with E-state index >= 15 is 0 Å². The summed E-state index contributed by atoms with van der Waals surface area (Å²) in [6, 6.07) is 6.74. The minimum absolute atomic E-state index is 0.240. The molecule has 0 aliphatic rings. The van der Waals surface area contributed by atoms with Crippen molar-refractivity contribution in [2.75, 3.05) is 12.4 Å². The van der Waals surface area contributed by atoms with Gasteiger partial charge in [0.2, 0.25) is 5.91 Å². The number of hydrogen-bond donors (Lipinski definition) is 1. The van der Waals surface area contributed by atoms with Crippen LogP contribution in [-0.4, -0.2) is 39.0 Å². The quantitative estimate of drug-likeness (QED) is 0.690. The molecule has 2 heterocycles. The number of carbonyl (C=O) groups is 2. The second-order valence-corrected chi connectivity index (χ2v) is 6.04. The summed E-state index contributed by atoms with van der Waals surface area (Å²) in [5.74, 6) is -1.02. The number of aromatic nitrogens is 4. The molecule has 10 heteroatoms. The first-order valence-electron chi connectivity index (χ1n) is 7.17. The fourth-order valence-electron chi connectivity index (χ4n) is 2.15. The van der Waals surface area contributed by atoms with E-state index in [1.54, 1.807) is 31.2 Å². The fraction of sp³-hybridized carbons (Fsp3) is 0.200. The first-order chi connectivity index (χ1) is 12.0. The molecule has 0 unspecified atom stereocenters. The van der Waals surface area contributed by atoms with Gasteiger partial charge in [0.25, 0.3) is 5.56 Å². The predicted molar refractivity (Wildman–Crippen MR) is 90.6 cm³/mol. The average Bonchev–Trinajstić information content (AvgIpc) is 2.97. The van der Waals surface area contributed by atoms with Gasteiger partial charge in [-0.25, -0.2) is 14.5 Å². The molecule has 2 aromatic heterocycles. The van der Waals surface area contributed by atoms with Crippen LogP contribution in [0.2, 0.25) is 0 Å². The smallest absolute Gasteiger partial charge is 0.350 e. The molecule has 0 aliphatic heterocycles. The molecule has 1 aromatic carbocycles. The molecule has 0 bridgehead atoms. The van der Waals surface area contributed by atoms with E-state index in [4.69, 9.17) is 0 Å². The van der Waals surface area contributed by atoms with E-state index in [0.29, 0.717) is 21.5 Å².